The Balaban J connectivity index is 1.95. The van der Waals surface area contributed by atoms with E-state index in [1.54, 1.807) is 5.32 Å². The highest BCUT2D eigenvalue weighted by Crippen LogP contribution is 2.39. The Morgan fingerprint density at radius 1 is 1.16 bits per heavy atom. The Kier molecular flexibility index (Phi) is 5.23. The minimum Gasteiger partial charge on any atom is -0.329 e. The molecule has 0 atom stereocenters. The molecule has 1 saturated heterocycles. The molecule has 2 aliphatic rings. The van der Waals surface area contributed by atoms with E-state index in [9.17, 15) is 32.3 Å². The van der Waals surface area contributed by atoms with E-state index in [1.165, 1.54) is 17.3 Å². The molecule has 2 N–H and O–H groups in total. The van der Waals surface area contributed by atoms with Crippen molar-refractivity contribution < 1.29 is 32.3 Å². The van der Waals surface area contributed by atoms with Crippen LogP contribution in [-0.2, 0) is 9.59 Å². The Morgan fingerprint density at radius 3 is 2.32 bits per heavy atom. The molecule has 2 fully saturated rings. The highest BCUT2D eigenvalue weighted by Gasteiger charge is 2.55. The largest absolute Gasteiger partial charge is 0.405 e. The van der Waals surface area contributed by atoms with E-state index in [0.717, 1.165) is 24.2 Å². The number of nitrogens with zero attached hydrogens (tertiary/aromatic N) is 2. The summed E-state index contributed by atoms with van der Waals surface area (Å²) in [5, 5.41) is 3.14. The first-order valence-electron chi connectivity index (χ1n) is 7.81. The predicted molar refractivity (Wildman–Crippen MR) is 78.3 cm³/mol. The van der Waals surface area contributed by atoms with Gasteiger partial charge < -0.3 is 10.2 Å². The maximum absolute atomic E-state index is 12.6. The number of imide groups is 2. The molecule has 2 rings (SSSR count). The van der Waals surface area contributed by atoms with Gasteiger partial charge in [0.2, 0.25) is 5.91 Å². The molecule has 1 spiro atoms. The minimum absolute atomic E-state index is 0.498. The zero-order valence-corrected chi connectivity index (χ0v) is 13.6. The van der Waals surface area contributed by atoms with Crippen molar-refractivity contribution in [1.82, 2.24) is 20.4 Å². The molecule has 0 radical (unpaired) electrons. The van der Waals surface area contributed by atoms with Gasteiger partial charge in [-0.1, -0.05) is 19.3 Å². The van der Waals surface area contributed by atoms with E-state index in [1.807, 2.05) is 0 Å². The lowest BCUT2D eigenvalue weighted by Crippen LogP contribution is -2.50. The van der Waals surface area contributed by atoms with E-state index in [-0.39, 0.29) is 0 Å². The fourth-order valence-corrected chi connectivity index (χ4v) is 3.21. The van der Waals surface area contributed by atoms with Gasteiger partial charge in [0.25, 0.3) is 5.91 Å². The van der Waals surface area contributed by atoms with Crippen LogP contribution in [0.3, 0.4) is 0 Å². The number of likely N-dealkylation sites (N-methyl/N-ethyl adjacent to an activating group) is 1. The molecule has 1 saturated carbocycles. The first-order chi connectivity index (χ1) is 11.6. The van der Waals surface area contributed by atoms with Crippen LogP contribution >= 0.6 is 0 Å². The van der Waals surface area contributed by atoms with Crippen molar-refractivity contribution in [2.45, 2.75) is 43.8 Å². The summed E-state index contributed by atoms with van der Waals surface area (Å²) in [6.45, 7) is -2.32. The minimum atomic E-state index is -4.61. The zero-order chi connectivity index (χ0) is 18.8. The molecule has 140 valence electrons. The summed E-state index contributed by atoms with van der Waals surface area (Å²) in [5.74, 6) is -1.55. The number of alkyl halides is 3. The molecule has 0 aromatic rings. The Hall–Kier alpha value is -2.33. The fraction of sp³-hybridized carbons (Fsp3) is 0.714. The summed E-state index contributed by atoms with van der Waals surface area (Å²) in [5.41, 5.74) is -0.964. The Morgan fingerprint density at radius 2 is 1.76 bits per heavy atom. The second-order valence-corrected chi connectivity index (χ2v) is 6.17. The van der Waals surface area contributed by atoms with Gasteiger partial charge in [-0.2, -0.15) is 13.2 Å². The van der Waals surface area contributed by atoms with Crippen molar-refractivity contribution in [3.63, 3.8) is 0 Å². The third-order valence-corrected chi connectivity index (χ3v) is 4.49. The van der Waals surface area contributed by atoms with E-state index < -0.39 is 48.7 Å². The lowest BCUT2D eigenvalue weighted by Gasteiger charge is -2.35. The van der Waals surface area contributed by atoms with Gasteiger partial charge in [0.1, 0.15) is 18.6 Å². The van der Waals surface area contributed by atoms with Crippen molar-refractivity contribution in [2.24, 2.45) is 0 Å². The quantitative estimate of drug-likeness (QED) is 0.729. The van der Waals surface area contributed by atoms with Crippen molar-refractivity contribution in [1.29, 1.82) is 0 Å². The molecule has 25 heavy (non-hydrogen) atoms. The Bertz CT molecular complexity index is 587. The average Bonchev–Trinajstić information content (AvgIpc) is 2.70. The molecule has 1 heterocycles. The van der Waals surface area contributed by atoms with Gasteiger partial charge in [-0.3, -0.25) is 19.8 Å². The van der Waals surface area contributed by atoms with Gasteiger partial charge in [-0.25, -0.2) is 9.59 Å². The van der Waals surface area contributed by atoms with Crippen LogP contribution in [0.1, 0.15) is 32.1 Å². The van der Waals surface area contributed by atoms with E-state index in [0.29, 0.717) is 12.8 Å². The van der Waals surface area contributed by atoms with Crippen LogP contribution in [0, 0.1) is 0 Å². The average molecular weight is 364 g/mol. The monoisotopic (exact) mass is 364 g/mol. The van der Waals surface area contributed by atoms with Crippen LogP contribution in [0.5, 0.6) is 0 Å². The van der Waals surface area contributed by atoms with Gasteiger partial charge in [0.15, 0.2) is 0 Å². The highest BCUT2D eigenvalue weighted by atomic mass is 19.4. The summed E-state index contributed by atoms with van der Waals surface area (Å²) in [7, 11) is 1.49. The van der Waals surface area contributed by atoms with Crippen LogP contribution in [0.25, 0.3) is 0 Å². The van der Waals surface area contributed by atoms with Gasteiger partial charge in [0, 0.05) is 7.05 Å². The Labute approximate surface area is 141 Å². The molecular formula is C14H19F3N4O4. The van der Waals surface area contributed by atoms with Crippen molar-refractivity contribution in [3.05, 3.63) is 0 Å². The zero-order valence-electron chi connectivity index (χ0n) is 13.6. The number of rotatable bonds is 3. The molecule has 0 unspecified atom stereocenters. The molecule has 0 aromatic heterocycles. The summed E-state index contributed by atoms with van der Waals surface area (Å²) < 4.78 is 36.0. The third-order valence-electron chi connectivity index (χ3n) is 4.49. The summed E-state index contributed by atoms with van der Waals surface area (Å²) in [6, 6.07) is -2.00. The number of hydrogen-bond acceptors (Lipinski definition) is 4. The number of carbonyl (C=O) groups excluding carboxylic acids is 4. The van der Waals surface area contributed by atoms with Crippen molar-refractivity contribution >= 4 is 23.9 Å². The smallest absolute Gasteiger partial charge is 0.329 e. The number of hydrogen-bond donors (Lipinski definition) is 2. The fourth-order valence-electron chi connectivity index (χ4n) is 3.21. The van der Waals surface area contributed by atoms with Crippen LogP contribution < -0.4 is 10.6 Å². The number of halogens is 3. The summed E-state index contributed by atoms with van der Waals surface area (Å²) in [4.78, 5) is 50.0. The van der Waals surface area contributed by atoms with Crippen LogP contribution in [0.4, 0.5) is 22.8 Å². The molecular weight excluding hydrogens is 345 g/mol. The van der Waals surface area contributed by atoms with Gasteiger partial charge in [-0.05, 0) is 12.8 Å². The first kappa shape index (κ1) is 19.0. The number of carbonyl (C=O) groups is 4. The maximum atomic E-state index is 12.6. The molecule has 11 heteroatoms. The predicted octanol–water partition coefficient (Wildman–Crippen LogP) is 0.971. The molecule has 1 aliphatic heterocycles. The van der Waals surface area contributed by atoms with Crippen molar-refractivity contribution in [2.75, 3.05) is 20.1 Å². The van der Waals surface area contributed by atoms with E-state index in [4.69, 9.17) is 0 Å². The number of urea groups is 2. The van der Waals surface area contributed by atoms with E-state index in [2.05, 4.69) is 0 Å². The van der Waals surface area contributed by atoms with Crippen LogP contribution in [-0.4, -0.2) is 65.5 Å². The summed E-state index contributed by atoms with van der Waals surface area (Å²) >= 11 is 0. The number of amides is 6. The molecule has 8 nitrogen and oxygen atoms in total. The number of nitrogens with one attached hydrogen (secondary N) is 2. The van der Waals surface area contributed by atoms with Crippen molar-refractivity contribution in [3.8, 4) is 0 Å². The maximum Gasteiger partial charge on any atom is 0.405 e. The van der Waals surface area contributed by atoms with Crippen LogP contribution in [0.15, 0.2) is 0 Å². The lowest BCUT2D eigenvalue weighted by atomic mass is 9.81. The topological polar surface area (TPSA) is 98.8 Å². The highest BCUT2D eigenvalue weighted by molar-refractivity contribution is 6.09. The second-order valence-electron chi connectivity index (χ2n) is 6.17. The third kappa shape index (κ3) is 4.02. The SMILES string of the molecule is CN1C(=O)N(CC(=O)NC(=O)NCC(F)(F)F)C(=O)C12CCCCC2. The van der Waals surface area contributed by atoms with Gasteiger partial charge in [-0.15, -0.1) is 0 Å². The first-order valence-corrected chi connectivity index (χ1v) is 7.81. The molecule has 6 amide bonds. The molecule has 1 aliphatic carbocycles. The van der Waals surface area contributed by atoms with Crippen LogP contribution in [0.2, 0.25) is 0 Å². The standard InChI is InChI=1S/C14H19F3N4O4/c1-20-12(25)21(10(23)13(20)5-3-2-4-6-13)7-9(22)19-11(24)18-8-14(15,16)17/h2-8H2,1H3,(H2,18,19,22,24). The molecule has 0 bridgehead atoms. The second kappa shape index (κ2) is 6.89. The van der Waals surface area contributed by atoms with Gasteiger partial charge in [0.05, 0.1) is 0 Å². The summed E-state index contributed by atoms with van der Waals surface area (Å²) in [6.07, 6.45) is -1.10. The molecule has 0 aromatic carbocycles. The van der Waals surface area contributed by atoms with Gasteiger partial charge >= 0.3 is 18.2 Å². The normalized spacial score (nSPS) is 20.2. The lowest BCUT2D eigenvalue weighted by molar-refractivity contribution is -0.137. The van der Waals surface area contributed by atoms with E-state index >= 15 is 0 Å².